The van der Waals surface area contributed by atoms with Gasteiger partial charge in [0.2, 0.25) is 5.91 Å². The molecule has 25 heavy (non-hydrogen) atoms. The fraction of sp³-hybridized carbons (Fsp3) is 0.429. The maximum atomic E-state index is 12.7. The second kappa shape index (κ2) is 7.01. The summed E-state index contributed by atoms with van der Waals surface area (Å²) < 4.78 is 0. The molecule has 2 aromatic rings. The van der Waals surface area contributed by atoms with Gasteiger partial charge < -0.3 is 5.32 Å². The quantitative estimate of drug-likeness (QED) is 0.845. The number of hydrogen-bond acceptors (Lipinski definition) is 3. The molecule has 2 atom stereocenters. The van der Waals surface area contributed by atoms with Gasteiger partial charge in [-0.25, -0.2) is 0 Å². The van der Waals surface area contributed by atoms with E-state index in [1.54, 1.807) is 11.3 Å². The van der Waals surface area contributed by atoms with Crippen LogP contribution in [0.2, 0.25) is 0 Å². The minimum Gasteiger partial charge on any atom is -0.316 e. The number of nitriles is 1. The average molecular weight is 350 g/mol. The summed E-state index contributed by atoms with van der Waals surface area (Å²) in [5.41, 5.74) is 3.15. The molecule has 1 saturated carbocycles. The molecule has 1 heterocycles. The molecule has 0 aliphatic heterocycles. The van der Waals surface area contributed by atoms with Crippen molar-refractivity contribution in [2.24, 2.45) is 5.92 Å². The van der Waals surface area contributed by atoms with Crippen LogP contribution < -0.4 is 5.32 Å². The van der Waals surface area contributed by atoms with Crippen molar-refractivity contribution in [1.82, 2.24) is 0 Å². The van der Waals surface area contributed by atoms with Gasteiger partial charge >= 0.3 is 0 Å². The number of fused-ring (bicyclic) bond motifs is 1. The topological polar surface area (TPSA) is 52.9 Å². The van der Waals surface area contributed by atoms with Crippen LogP contribution in [0.3, 0.4) is 0 Å². The standard InChI is InChI=1S/C21H22N2OS/c22-13-18-15-10-6-1-2-7-11-19(15)25-21(18)23-20(24)17-12-16(17)14-8-4-3-5-9-14/h3-5,8-9,16-17H,1-2,6-7,10-12H2,(H,23,24)/t16-,17-/m1/s1. The molecule has 0 spiro atoms. The van der Waals surface area contributed by atoms with Crippen LogP contribution in [-0.4, -0.2) is 5.91 Å². The van der Waals surface area contributed by atoms with Gasteiger partial charge in [0, 0.05) is 10.8 Å². The molecule has 1 N–H and O–H groups in total. The van der Waals surface area contributed by atoms with E-state index in [9.17, 15) is 10.1 Å². The van der Waals surface area contributed by atoms with Crippen molar-refractivity contribution in [1.29, 1.82) is 5.26 Å². The van der Waals surface area contributed by atoms with Crippen molar-refractivity contribution in [2.75, 3.05) is 5.32 Å². The second-order valence-electron chi connectivity index (χ2n) is 7.08. The first-order valence-electron chi connectivity index (χ1n) is 9.18. The van der Waals surface area contributed by atoms with Crippen molar-refractivity contribution in [3.8, 4) is 6.07 Å². The number of amides is 1. The minimum absolute atomic E-state index is 0.0404. The fourth-order valence-electron chi connectivity index (χ4n) is 3.88. The van der Waals surface area contributed by atoms with Crippen LogP contribution in [-0.2, 0) is 17.6 Å². The first-order valence-corrected chi connectivity index (χ1v) is 10.00. The Hall–Kier alpha value is -2.12. The van der Waals surface area contributed by atoms with Gasteiger partial charge in [-0.1, -0.05) is 43.2 Å². The van der Waals surface area contributed by atoms with Crippen LogP contribution in [0, 0.1) is 17.2 Å². The SMILES string of the molecule is N#Cc1c(NC(=O)[C@@H]2C[C@@H]2c2ccccc2)sc2c1CCCCCC2. The first-order chi connectivity index (χ1) is 12.3. The summed E-state index contributed by atoms with van der Waals surface area (Å²) in [5, 5.41) is 13.5. The van der Waals surface area contributed by atoms with E-state index in [-0.39, 0.29) is 11.8 Å². The first kappa shape index (κ1) is 16.4. The summed E-state index contributed by atoms with van der Waals surface area (Å²) in [5.74, 6) is 0.436. The van der Waals surface area contributed by atoms with Crippen molar-refractivity contribution in [2.45, 2.75) is 50.9 Å². The summed E-state index contributed by atoms with van der Waals surface area (Å²) in [6.45, 7) is 0. The highest BCUT2D eigenvalue weighted by Gasteiger charge is 2.44. The van der Waals surface area contributed by atoms with Crippen LogP contribution >= 0.6 is 11.3 Å². The molecule has 1 fully saturated rings. The van der Waals surface area contributed by atoms with E-state index in [2.05, 4.69) is 23.5 Å². The van der Waals surface area contributed by atoms with Crippen LogP contribution in [0.4, 0.5) is 5.00 Å². The smallest absolute Gasteiger partial charge is 0.228 e. The van der Waals surface area contributed by atoms with E-state index in [1.807, 2.05) is 18.2 Å². The Labute approximate surface area is 152 Å². The number of aryl methyl sites for hydroxylation is 1. The average Bonchev–Trinajstić information content (AvgIpc) is 3.35. The van der Waals surface area contributed by atoms with Crippen LogP contribution in [0.25, 0.3) is 0 Å². The minimum atomic E-state index is 0.0404. The molecule has 0 bridgehead atoms. The Kier molecular flexibility index (Phi) is 4.59. The van der Waals surface area contributed by atoms with Crippen LogP contribution in [0.5, 0.6) is 0 Å². The Balaban J connectivity index is 1.50. The summed E-state index contributed by atoms with van der Waals surface area (Å²) in [6, 6.07) is 12.6. The maximum absolute atomic E-state index is 12.7. The number of thiophene rings is 1. The molecule has 128 valence electrons. The lowest BCUT2D eigenvalue weighted by Crippen LogP contribution is -2.14. The molecule has 3 nitrogen and oxygen atoms in total. The molecule has 1 aromatic heterocycles. The Morgan fingerprint density at radius 1 is 1.12 bits per heavy atom. The number of benzene rings is 1. The Bertz CT molecular complexity index is 818. The Morgan fingerprint density at radius 3 is 2.64 bits per heavy atom. The van der Waals surface area contributed by atoms with Crippen LogP contribution in [0.15, 0.2) is 30.3 Å². The third-order valence-electron chi connectivity index (χ3n) is 5.37. The van der Waals surface area contributed by atoms with Crippen LogP contribution in [0.1, 0.15) is 59.6 Å². The lowest BCUT2D eigenvalue weighted by Gasteiger charge is -2.08. The zero-order chi connectivity index (χ0) is 17.2. The van der Waals surface area contributed by atoms with Gasteiger partial charge in [-0.05, 0) is 49.1 Å². The van der Waals surface area contributed by atoms with E-state index >= 15 is 0 Å². The molecule has 4 heteroatoms. The highest BCUT2D eigenvalue weighted by molar-refractivity contribution is 7.16. The molecule has 0 saturated heterocycles. The van der Waals surface area contributed by atoms with Gasteiger partial charge in [0.05, 0.1) is 5.56 Å². The number of carbonyl (C=O) groups excluding carboxylic acids is 1. The van der Waals surface area contributed by atoms with Gasteiger partial charge in [0.1, 0.15) is 11.1 Å². The number of hydrogen-bond donors (Lipinski definition) is 1. The maximum Gasteiger partial charge on any atom is 0.228 e. The highest BCUT2D eigenvalue weighted by atomic mass is 32.1. The molecule has 1 aromatic carbocycles. The van der Waals surface area contributed by atoms with Gasteiger partial charge in [-0.3, -0.25) is 4.79 Å². The van der Waals surface area contributed by atoms with Gasteiger partial charge in [0.25, 0.3) is 0 Å². The summed E-state index contributed by atoms with van der Waals surface area (Å²) in [4.78, 5) is 14.0. The van der Waals surface area contributed by atoms with Gasteiger partial charge in [-0.2, -0.15) is 5.26 Å². The lowest BCUT2D eigenvalue weighted by atomic mass is 9.97. The third-order valence-corrected chi connectivity index (χ3v) is 6.58. The van der Waals surface area contributed by atoms with Crippen molar-refractivity contribution in [3.63, 3.8) is 0 Å². The number of rotatable bonds is 3. The number of nitrogens with zero attached hydrogens (tertiary/aromatic N) is 1. The largest absolute Gasteiger partial charge is 0.316 e. The zero-order valence-electron chi connectivity index (χ0n) is 14.3. The fourth-order valence-corrected chi connectivity index (χ4v) is 5.13. The third kappa shape index (κ3) is 3.34. The van der Waals surface area contributed by atoms with Gasteiger partial charge in [0.15, 0.2) is 0 Å². The summed E-state index contributed by atoms with van der Waals surface area (Å²) >= 11 is 1.63. The van der Waals surface area contributed by atoms with Gasteiger partial charge in [-0.15, -0.1) is 11.3 Å². The summed E-state index contributed by atoms with van der Waals surface area (Å²) in [6.07, 6.45) is 7.75. The lowest BCUT2D eigenvalue weighted by molar-refractivity contribution is -0.117. The van der Waals surface area contributed by atoms with E-state index < -0.39 is 0 Å². The van der Waals surface area contributed by atoms with Crippen molar-refractivity contribution in [3.05, 3.63) is 51.9 Å². The molecule has 0 unspecified atom stereocenters. The predicted molar refractivity (Wildman–Crippen MR) is 101 cm³/mol. The molecule has 4 rings (SSSR count). The predicted octanol–water partition coefficient (Wildman–Crippen LogP) is 5.02. The van der Waals surface area contributed by atoms with E-state index in [1.165, 1.54) is 35.3 Å². The van der Waals surface area contributed by atoms with Crippen molar-refractivity contribution < 1.29 is 4.79 Å². The normalized spacial score (nSPS) is 22.2. The highest BCUT2D eigenvalue weighted by Crippen LogP contribution is 2.48. The molecule has 1 amide bonds. The molecular formula is C21H22N2OS. The van der Waals surface area contributed by atoms with E-state index in [4.69, 9.17) is 0 Å². The van der Waals surface area contributed by atoms with Crippen molar-refractivity contribution >= 4 is 22.2 Å². The van der Waals surface area contributed by atoms with E-state index in [0.717, 1.165) is 30.7 Å². The molecular weight excluding hydrogens is 328 g/mol. The second-order valence-corrected chi connectivity index (χ2v) is 8.19. The number of carbonyl (C=O) groups is 1. The zero-order valence-corrected chi connectivity index (χ0v) is 15.1. The molecule has 2 aliphatic rings. The van der Waals surface area contributed by atoms with E-state index in [0.29, 0.717) is 11.5 Å². The number of anilines is 1. The Morgan fingerprint density at radius 2 is 1.88 bits per heavy atom. The summed E-state index contributed by atoms with van der Waals surface area (Å²) in [7, 11) is 0. The molecule has 0 radical (unpaired) electrons. The molecule has 2 aliphatic carbocycles. The number of nitrogens with one attached hydrogen (secondary N) is 1. The monoisotopic (exact) mass is 350 g/mol.